The number of anilines is 1. The summed E-state index contributed by atoms with van der Waals surface area (Å²) in [6, 6.07) is 11.1. The van der Waals surface area contributed by atoms with Crippen LogP contribution in [0.15, 0.2) is 47.4 Å². The lowest BCUT2D eigenvalue weighted by Gasteiger charge is -2.25. The van der Waals surface area contributed by atoms with Crippen LogP contribution >= 0.6 is 0 Å². The number of amides is 2. The van der Waals surface area contributed by atoms with Crippen molar-refractivity contribution in [2.75, 3.05) is 26.0 Å². The number of benzene rings is 1. The largest absolute Gasteiger partial charge is 0.336 e. The summed E-state index contributed by atoms with van der Waals surface area (Å²) < 4.78 is 1.42. The molecule has 1 aromatic heterocycles. The van der Waals surface area contributed by atoms with Crippen molar-refractivity contribution in [2.45, 2.75) is 13.0 Å². The first-order valence-electron chi connectivity index (χ1n) is 7.81. The van der Waals surface area contributed by atoms with E-state index in [0.717, 1.165) is 5.56 Å². The van der Waals surface area contributed by atoms with Crippen LogP contribution in [0.25, 0.3) is 0 Å². The van der Waals surface area contributed by atoms with Crippen molar-refractivity contribution in [3.63, 3.8) is 0 Å². The first-order chi connectivity index (χ1) is 11.4. The Bertz CT molecular complexity index is 750. The number of pyridine rings is 1. The molecule has 0 saturated heterocycles. The summed E-state index contributed by atoms with van der Waals surface area (Å²) in [6.07, 6.45) is 1.59. The lowest BCUT2D eigenvalue weighted by atomic mass is 10.0. The predicted octanol–water partition coefficient (Wildman–Crippen LogP) is 2.12. The minimum absolute atomic E-state index is 0.0801. The van der Waals surface area contributed by atoms with Gasteiger partial charge in [-0.3, -0.25) is 4.79 Å². The summed E-state index contributed by atoms with van der Waals surface area (Å²) in [5.41, 5.74) is 2.81. The van der Waals surface area contributed by atoms with E-state index in [1.807, 2.05) is 21.0 Å². The number of likely N-dealkylation sites (N-methyl/N-ethyl adjacent to an activating group) is 1. The Balaban J connectivity index is 1.98. The highest BCUT2D eigenvalue weighted by Crippen LogP contribution is 2.18. The minimum Gasteiger partial charge on any atom is -0.336 e. The van der Waals surface area contributed by atoms with Crippen molar-refractivity contribution in [1.82, 2.24) is 14.8 Å². The van der Waals surface area contributed by atoms with E-state index in [-0.39, 0.29) is 17.6 Å². The third kappa shape index (κ3) is 4.70. The Morgan fingerprint density at radius 3 is 2.42 bits per heavy atom. The highest BCUT2D eigenvalue weighted by Gasteiger charge is 2.15. The molecule has 0 aliphatic carbocycles. The standard InChI is InChI=1S/C18H24N4O2/c1-13-5-7-14(8-6-13)16(21(2)3)11-19-18(24)20-15-9-10-17(23)22(4)12-15/h5-10,12,16H,11H2,1-4H3,(H2,19,20,24). The fourth-order valence-electron chi connectivity index (χ4n) is 2.42. The van der Waals surface area contributed by atoms with Gasteiger partial charge in [-0.05, 0) is 32.6 Å². The monoisotopic (exact) mass is 328 g/mol. The molecule has 2 N–H and O–H groups in total. The third-order valence-electron chi connectivity index (χ3n) is 3.89. The Morgan fingerprint density at radius 1 is 1.17 bits per heavy atom. The molecule has 0 radical (unpaired) electrons. The summed E-state index contributed by atoms with van der Waals surface area (Å²) in [5, 5.41) is 5.62. The molecule has 6 nitrogen and oxygen atoms in total. The number of hydrogen-bond acceptors (Lipinski definition) is 3. The molecule has 0 saturated carbocycles. The number of carbonyl (C=O) groups excluding carboxylic acids is 1. The Hall–Kier alpha value is -2.60. The van der Waals surface area contributed by atoms with Gasteiger partial charge in [-0.1, -0.05) is 29.8 Å². The van der Waals surface area contributed by atoms with Crippen LogP contribution in [0, 0.1) is 6.92 Å². The number of aryl methyl sites for hydroxylation is 2. The highest BCUT2D eigenvalue weighted by atomic mass is 16.2. The van der Waals surface area contributed by atoms with Crippen molar-refractivity contribution in [2.24, 2.45) is 7.05 Å². The quantitative estimate of drug-likeness (QED) is 0.883. The molecule has 128 valence electrons. The maximum atomic E-state index is 12.1. The SMILES string of the molecule is Cc1ccc(C(CNC(=O)Nc2ccc(=O)n(C)c2)N(C)C)cc1. The Morgan fingerprint density at radius 2 is 1.83 bits per heavy atom. The van der Waals surface area contributed by atoms with Gasteiger partial charge < -0.3 is 20.1 Å². The third-order valence-corrected chi connectivity index (χ3v) is 3.89. The van der Waals surface area contributed by atoms with E-state index in [1.165, 1.54) is 16.2 Å². The molecular formula is C18H24N4O2. The van der Waals surface area contributed by atoms with Crippen molar-refractivity contribution in [1.29, 1.82) is 0 Å². The second-order valence-corrected chi connectivity index (χ2v) is 6.09. The Labute approximate surface area is 142 Å². The first kappa shape index (κ1) is 17.7. The molecule has 1 atom stereocenters. The van der Waals surface area contributed by atoms with E-state index in [4.69, 9.17) is 0 Å². The number of nitrogens with one attached hydrogen (secondary N) is 2. The van der Waals surface area contributed by atoms with Crippen LogP contribution in [0.1, 0.15) is 17.2 Å². The van der Waals surface area contributed by atoms with Gasteiger partial charge in [0.15, 0.2) is 0 Å². The van der Waals surface area contributed by atoms with Gasteiger partial charge in [-0.2, -0.15) is 0 Å². The van der Waals surface area contributed by atoms with E-state index < -0.39 is 0 Å². The van der Waals surface area contributed by atoms with Crippen LogP contribution in [-0.2, 0) is 7.05 Å². The fourth-order valence-corrected chi connectivity index (χ4v) is 2.42. The topological polar surface area (TPSA) is 66.4 Å². The van der Waals surface area contributed by atoms with Gasteiger partial charge in [0.05, 0.1) is 11.7 Å². The average Bonchev–Trinajstić information content (AvgIpc) is 2.52. The molecular weight excluding hydrogens is 304 g/mol. The molecule has 0 spiro atoms. The zero-order valence-corrected chi connectivity index (χ0v) is 14.5. The maximum Gasteiger partial charge on any atom is 0.319 e. The molecule has 0 fully saturated rings. The molecule has 2 amide bonds. The zero-order chi connectivity index (χ0) is 17.7. The minimum atomic E-state index is -0.299. The van der Waals surface area contributed by atoms with Gasteiger partial charge in [0.1, 0.15) is 0 Å². The van der Waals surface area contributed by atoms with Crippen molar-refractivity contribution in [3.05, 3.63) is 64.1 Å². The van der Waals surface area contributed by atoms with Gasteiger partial charge in [0.2, 0.25) is 5.56 Å². The molecule has 0 aliphatic rings. The molecule has 24 heavy (non-hydrogen) atoms. The van der Waals surface area contributed by atoms with E-state index in [1.54, 1.807) is 19.3 Å². The molecule has 1 unspecified atom stereocenters. The summed E-state index contributed by atoms with van der Waals surface area (Å²) in [7, 11) is 5.61. The van der Waals surface area contributed by atoms with E-state index in [0.29, 0.717) is 12.2 Å². The molecule has 0 bridgehead atoms. The number of urea groups is 1. The maximum absolute atomic E-state index is 12.1. The van der Waals surface area contributed by atoms with Crippen LogP contribution in [-0.4, -0.2) is 36.1 Å². The summed E-state index contributed by atoms with van der Waals surface area (Å²) in [5.74, 6) is 0. The fraction of sp³-hybridized carbons (Fsp3) is 0.333. The van der Waals surface area contributed by atoms with Crippen LogP contribution in [0.2, 0.25) is 0 Å². The molecule has 0 aliphatic heterocycles. The van der Waals surface area contributed by atoms with Crippen LogP contribution in [0.3, 0.4) is 0 Å². The molecule has 6 heteroatoms. The lowest BCUT2D eigenvalue weighted by Crippen LogP contribution is -2.37. The number of nitrogens with zero attached hydrogens (tertiary/aromatic N) is 2. The lowest BCUT2D eigenvalue weighted by molar-refractivity contribution is 0.243. The second kappa shape index (κ2) is 7.79. The number of rotatable bonds is 5. The zero-order valence-electron chi connectivity index (χ0n) is 14.5. The average molecular weight is 328 g/mol. The predicted molar refractivity (Wildman–Crippen MR) is 96.3 cm³/mol. The number of hydrogen-bond donors (Lipinski definition) is 2. The van der Waals surface area contributed by atoms with E-state index in [9.17, 15) is 9.59 Å². The van der Waals surface area contributed by atoms with Gasteiger partial charge in [0.25, 0.3) is 0 Å². The van der Waals surface area contributed by atoms with Gasteiger partial charge in [-0.25, -0.2) is 4.79 Å². The normalized spacial score (nSPS) is 12.0. The highest BCUT2D eigenvalue weighted by molar-refractivity contribution is 5.89. The molecule has 1 aromatic carbocycles. The number of aromatic nitrogens is 1. The van der Waals surface area contributed by atoms with Gasteiger partial charge in [0, 0.05) is 25.9 Å². The first-order valence-corrected chi connectivity index (χ1v) is 7.81. The summed E-state index contributed by atoms with van der Waals surface area (Å²) in [4.78, 5) is 25.5. The molecule has 2 rings (SSSR count). The summed E-state index contributed by atoms with van der Waals surface area (Å²) >= 11 is 0. The van der Waals surface area contributed by atoms with Crippen molar-refractivity contribution >= 4 is 11.7 Å². The van der Waals surface area contributed by atoms with Crippen molar-refractivity contribution < 1.29 is 4.79 Å². The van der Waals surface area contributed by atoms with E-state index >= 15 is 0 Å². The van der Waals surface area contributed by atoms with Crippen molar-refractivity contribution in [3.8, 4) is 0 Å². The second-order valence-electron chi connectivity index (χ2n) is 6.09. The molecule has 2 aromatic rings. The number of carbonyl (C=O) groups is 1. The Kier molecular flexibility index (Phi) is 5.76. The van der Waals surface area contributed by atoms with Gasteiger partial charge in [-0.15, -0.1) is 0 Å². The molecule has 1 heterocycles. The van der Waals surface area contributed by atoms with Crippen LogP contribution in [0.5, 0.6) is 0 Å². The van der Waals surface area contributed by atoms with E-state index in [2.05, 4.69) is 39.8 Å². The van der Waals surface area contributed by atoms with Crippen LogP contribution in [0.4, 0.5) is 10.5 Å². The summed E-state index contributed by atoms with van der Waals surface area (Å²) in [6.45, 7) is 2.53. The smallest absolute Gasteiger partial charge is 0.319 e. The van der Waals surface area contributed by atoms with Gasteiger partial charge >= 0.3 is 6.03 Å². The van der Waals surface area contributed by atoms with Crippen LogP contribution < -0.4 is 16.2 Å².